The van der Waals surface area contributed by atoms with Crippen molar-refractivity contribution in [1.82, 2.24) is 9.88 Å². The summed E-state index contributed by atoms with van der Waals surface area (Å²) in [5.41, 5.74) is 1.14. The highest BCUT2D eigenvalue weighted by atomic mass is 32.1. The van der Waals surface area contributed by atoms with Crippen LogP contribution in [-0.2, 0) is 9.53 Å². The fourth-order valence-electron chi connectivity index (χ4n) is 2.93. The van der Waals surface area contributed by atoms with E-state index >= 15 is 0 Å². The Hall–Kier alpha value is -2.58. The fraction of sp³-hybridized carbons (Fsp3) is 0.316. The summed E-state index contributed by atoms with van der Waals surface area (Å²) in [4.78, 5) is 29.6. The van der Waals surface area contributed by atoms with Gasteiger partial charge in [0, 0.05) is 5.38 Å². The molecule has 27 heavy (non-hydrogen) atoms. The zero-order chi connectivity index (χ0) is 19.6. The van der Waals surface area contributed by atoms with Crippen LogP contribution in [0, 0.1) is 6.92 Å². The number of hydrogen-bond acceptors (Lipinski definition) is 6. The molecule has 8 heteroatoms. The fourth-order valence-corrected chi connectivity index (χ4v) is 3.50. The normalized spacial score (nSPS) is 21.3. The SMILES string of the molecule is Cc1nc(/C=C(\F)[C@@H](O)CC(=O)N2C(=O)OC(c3ccccc3)[C@@H]2C)cs1. The van der Waals surface area contributed by atoms with E-state index in [0.29, 0.717) is 5.69 Å². The number of benzene rings is 1. The summed E-state index contributed by atoms with van der Waals surface area (Å²) in [6.45, 7) is 3.46. The minimum atomic E-state index is -1.66. The van der Waals surface area contributed by atoms with Crippen LogP contribution >= 0.6 is 11.3 Å². The van der Waals surface area contributed by atoms with Gasteiger partial charge in [0.1, 0.15) is 18.0 Å². The number of aliphatic hydroxyl groups is 1. The number of aliphatic hydroxyl groups excluding tert-OH is 1. The number of carbonyl (C=O) groups excluding carboxylic acids is 2. The van der Waals surface area contributed by atoms with Gasteiger partial charge < -0.3 is 9.84 Å². The van der Waals surface area contributed by atoms with E-state index in [4.69, 9.17) is 4.74 Å². The van der Waals surface area contributed by atoms with Gasteiger partial charge in [0.05, 0.1) is 23.2 Å². The van der Waals surface area contributed by atoms with Gasteiger partial charge in [0.2, 0.25) is 5.91 Å². The number of cyclic esters (lactones) is 1. The van der Waals surface area contributed by atoms with E-state index in [1.807, 2.05) is 18.2 Å². The number of rotatable bonds is 5. The number of hydrogen-bond donors (Lipinski definition) is 1. The second-order valence-corrected chi connectivity index (χ2v) is 7.32. The molecule has 1 saturated heterocycles. The zero-order valence-corrected chi connectivity index (χ0v) is 15.6. The summed E-state index contributed by atoms with van der Waals surface area (Å²) >= 11 is 1.35. The van der Waals surface area contributed by atoms with E-state index in [9.17, 15) is 19.1 Å². The van der Waals surface area contributed by atoms with Crippen LogP contribution in [0.15, 0.2) is 41.5 Å². The molecule has 0 saturated carbocycles. The van der Waals surface area contributed by atoms with E-state index in [1.54, 1.807) is 31.4 Å². The quantitative estimate of drug-likeness (QED) is 0.843. The zero-order valence-electron chi connectivity index (χ0n) is 14.8. The third-order valence-electron chi connectivity index (χ3n) is 4.28. The molecule has 2 aromatic rings. The Bertz CT molecular complexity index is 868. The van der Waals surface area contributed by atoms with Crippen molar-refractivity contribution in [3.05, 3.63) is 57.8 Å². The van der Waals surface area contributed by atoms with E-state index in [-0.39, 0.29) is 0 Å². The number of nitrogens with zero attached hydrogens (tertiary/aromatic N) is 2. The lowest BCUT2D eigenvalue weighted by atomic mass is 10.0. The van der Waals surface area contributed by atoms with Gasteiger partial charge in [-0.3, -0.25) is 4.79 Å². The van der Waals surface area contributed by atoms with Crippen LogP contribution in [0.5, 0.6) is 0 Å². The number of ether oxygens (including phenoxy) is 1. The summed E-state index contributed by atoms with van der Waals surface area (Å²) in [5, 5.41) is 12.4. The second kappa shape index (κ2) is 7.98. The van der Waals surface area contributed by atoms with Crippen molar-refractivity contribution in [3.63, 3.8) is 0 Å². The molecule has 3 rings (SSSR count). The van der Waals surface area contributed by atoms with Crippen molar-refractivity contribution in [2.75, 3.05) is 0 Å². The van der Waals surface area contributed by atoms with Crippen LogP contribution in [0.25, 0.3) is 6.08 Å². The predicted molar refractivity (Wildman–Crippen MR) is 98.5 cm³/mol. The van der Waals surface area contributed by atoms with Crippen molar-refractivity contribution in [1.29, 1.82) is 0 Å². The summed E-state index contributed by atoms with van der Waals surface area (Å²) in [6, 6.07) is 8.50. The predicted octanol–water partition coefficient (Wildman–Crippen LogP) is 3.62. The van der Waals surface area contributed by atoms with Gasteiger partial charge in [-0.2, -0.15) is 0 Å². The minimum absolute atomic E-state index is 0.375. The van der Waals surface area contributed by atoms with Crippen molar-refractivity contribution >= 4 is 29.4 Å². The van der Waals surface area contributed by atoms with Gasteiger partial charge >= 0.3 is 6.09 Å². The van der Waals surface area contributed by atoms with Crippen LogP contribution in [0.2, 0.25) is 0 Å². The molecule has 142 valence electrons. The van der Waals surface area contributed by atoms with Crippen LogP contribution in [0.1, 0.15) is 35.7 Å². The molecule has 1 aromatic carbocycles. The lowest BCUT2D eigenvalue weighted by Crippen LogP contribution is -2.39. The topological polar surface area (TPSA) is 79.7 Å². The molecule has 1 aliphatic rings. The van der Waals surface area contributed by atoms with E-state index < -0.39 is 42.5 Å². The van der Waals surface area contributed by atoms with Crippen molar-refractivity contribution in [2.45, 2.75) is 38.5 Å². The minimum Gasteiger partial charge on any atom is -0.439 e. The third-order valence-corrected chi connectivity index (χ3v) is 5.07. The molecule has 6 nitrogen and oxygen atoms in total. The van der Waals surface area contributed by atoms with E-state index in [0.717, 1.165) is 21.5 Å². The molecule has 3 atom stereocenters. The van der Waals surface area contributed by atoms with Gasteiger partial charge in [-0.25, -0.2) is 19.1 Å². The Labute approximate surface area is 159 Å². The molecule has 0 spiro atoms. The van der Waals surface area contributed by atoms with Crippen molar-refractivity contribution in [3.8, 4) is 0 Å². The number of thiazole rings is 1. The molecule has 2 heterocycles. The first-order valence-electron chi connectivity index (χ1n) is 8.41. The molecular formula is C19H19FN2O4S. The number of aromatic nitrogens is 1. The molecule has 0 bridgehead atoms. The largest absolute Gasteiger partial charge is 0.439 e. The highest BCUT2D eigenvalue weighted by Crippen LogP contribution is 2.33. The van der Waals surface area contributed by atoms with Crippen LogP contribution in [-0.4, -0.2) is 39.1 Å². The molecule has 0 radical (unpaired) electrons. The number of carbonyl (C=O) groups is 2. The second-order valence-electron chi connectivity index (χ2n) is 6.26. The number of amides is 2. The molecule has 1 unspecified atom stereocenters. The summed E-state index contributed by atoms with van der Waals surface area (Å²) in [6.07, 6.45) is -2.53. The molecule has 0 aliphatic carbocycles. The standard InChI is InChI=1S/C19H19FN2O4S/c1-11-18(13-6-4-3-5-7-13)26-19(25)22(11)17(24)9-16(23)15(20)8-14-10-27-12(2)21-14/h3-8,10-11,16,18,23H,9H2,1-2H3/b15-8-/t11-,16-,18?/m0/s1. The van der Waals surface area contributed by atoms with Crippen molar-refractivity contribution < 1.29 is 23.8 Å². The number of imide groups is 1. The maximum absolute atomic E-state index is 14.2. The molecule has 1 fully saturated rings. The lowest BCUT2D eigenvalue weighted by molar-refractivity contribution is -0.130. The maximum atomic E-state index is 14.2. The van der Waals surface area contributed by atoms with Crippen LogP contribution in [0.4, 0.5) is 9.18 Å². The maximum Gasteiger partial charge on any atom is 0.417 e. The van der Waals surface area contributed by atoms with E-state index in [2.05, 4.69) is 4.98 Å². The van der Waals surface area contributed by atoms with Crippen LogP contribution < -0.4 is 0 Å². The monoisotopic (exact) mass is 390 g/mol. The lowest BCUT2D eigenvalue weighted by Gasteiger charge is -2.20. The molecule has 2 amide bonds. The Balaban J connectivity index is 1.68. The van der Waals surface area contributed by atoms with Crippen LogP contribution in [0.3, 0.4) is 0 Å². The van der Waals surface area contributed by atoms with Gasteiger partial charge in [-0.05, 0) is 25.5 Å². The first-order valence-corrected chi connectivity index (χ1v) is 9.29. The number of halogens is 1. The average Bonchev–Trinajstić information content (AvgIpc) is 3.17. The number of aryl methyl sites for hydroxylation is 1. The molecule has 1 N–H and O–H groups in total. The molecule has 1 aromatic heterocycles. The van der Waals surface area contributed by atoms with Gasteiger partial charge in [0.15, 0.2) is 0 Å². The van der Waals surface area contributed by atoms with Gasteiger partial charge in [0.25, 0.3) is 0 Å². The third kappa shape index (κ3) is 4.23. The Kier molecular flexibility index (Phi) is 5.67. The van der Waals surface area contributed by atoms with Gasteiger partial charge in [-0.1, -0.05) is 30.3 Å². The highest BCUT2D eigenvalue weighted by Gasteiger charge is 2.43. The van der Waals surface area contributed by atoms with Crippen molar-refractivity contribution in [2.24, 2.45) is 0 Å². The summed E-state index contributed by atoms with van der Waals surface area (Å²) in [7, 11) is 0. The van der Waals surface area contributed by atoms with E-state index in [1.165, 1.54) is 11.3 Å². The molecular weight excluding hydrogens is 371 g/mol. The summed E-state index contributed by atoms with van der Waals surface area (Å²) in [5.74, 6) is -1.58. The Morgan fingerprint density at radius 1 is 1.44 bits per heavy atom. The molecule has 1 aliphatic heterocycles. The first-order chi connectivity index (χ1) is 12.9. The Morgan fingerprint density at radius 2 is 2.15 bits per heavy atom. The summed E-state index contributed by atoms with van der Waals surface area (Å²) < 4.78 is 19.5. The van der Waals surface area contributed by atoms with Gasteiger partial charge in [-0.15, -0.1) is 11.3 Å². The smallest absolute Gasteiger partial charge is 0.417 e. The Morgan fingerprint density at radius 3 is 2.78 bits per heavy atom. The highest BCUT2D eigenvalue weighted by molar-refractivity contribution is 7.09. The first kappa shape index (κ1) is 19.2. The average molecular weight is 390 g/mol.